The van der Waals surface area contributed by atoms with Crippen molar-refractivity contribution in [2.24, 2.45) is 11.7 Å². The minimum atomic E-state index is -1.09. The van der Waals surface area contributed by atoms with E-state index in [1.165, 1.54) is 0 Å². The maximum atomic E-state index is 12.8. The highest BCUT2D eigenvalue weighted by molar-refractivity contribution is 5.85. The van der Waals surface area contributed by atoms with E-state index in [4.69, 9.17) is 15.2 Å². The van der Waals surface area contributed by atoms with E-state index in [0.29, 0.717) is 42.8 Å². The fraction of sp³-hybridized carbons (Fsp3) is 0.462. The molecule has 3 N–H and O–H groups in total. The highest BCUT2D eigenvalue weighted by atomic mass is 16.6. The largest absolute Gasteiger partial charge is 0.443 e. The Morgan fingerprint density at radius 2 is 1.92 bits per heavy atom. The molecule has 1 saturated heterocycles. The van der Waals surface area contributed by atoms with Crippen LogP contribution in [0.5, 0.6) is 0 Å². The summed E-state index contributed by atoms with van der Waals surface area (Å²) < 4.78 is 13.4. The molecule has 0 spiro atoms. The number of carbonyl (C=O) groups is 2. The first kappa shape index (κ1) is 25.6. The number of nitrogens with zero attached hydrogens (tertiary/aromatic N) is 4. The Labute approximate surface area is 210 Å². The van der Waals surface area contributed by atoms with Crippen LogP contribution >= 0.6 is 0 Å². The molecule has 3 aromatic rings. The van der Waals surface area contributed by atoms with Gasteiger partial charge in [0.1, 0.15) is 12.6 Å². The molecule has 10 nitrogen and oxygen atoms in total. The molecule has 1 aliphatic rings. The van der Waals surface area contributed by atoms with E-state index in [2.05, 4.69) is 22.4 Å². The van der Waals surface area contributed by atoms with E-state index in [0.717, 1.165) is 12.0 Å². The average Bonchev–Trinajstić information content (AvgIpc) is 3.48. The highest BCUT2D eigenvalue weighted by Crippen LogP contribution is 2.20. The molecule has 0 saturated carbocycles. The minimum absolute atomic E-state index is 0.0417. The zero-order chi connectivity index (χ0) is 25.7. The number of fused-ring (bicyclic) bond motifs is 1. The fourth-order valence-electron chi connectivity index (χ4n) is 4.09. The first-order valence-electron chi connectivity index (χ1n) is 12.2. The average molecular weight is 495 g/mol. The van der Waals surface area contributed by atoms with Gasteiger partial charge in [-0.15, -0.1) is 10.2 Å². The van der Waals surface area contributed by atoms with Gasteiger partial charge in [-0.3, -0.25) is 9.20 Å². The summed E-state index contributed by atoms with van der Waals surface area (Å²) in [4.78, 5) is 27.1. The molecule has 1 fully saturated rings. The molecule has 0 bridgehead atoms. The van der Waals surface area contributed by atoms with Crippen LogP contribution in [0.2, 0.25) is 0 Å². The number of nitrogens with two attached hydrogens (primary N) is 1. The van der Waals surface area contributed by atoms with E-state index in [1.54, 1.807) is 29.2 Å². The summed E-state index contributed by atoms with van der Waals surface area (Å²) in [5.41, 5.74) is 7.21. The topological polar surface area (TPSA) is 124 Å². The lowest BCUT2D eigenvalue weighted by Gasteiger charge is -2.24. The van der Waals surface area contributed by atoms with Gasteiger partial charge in [0.15, 0.2) is 11.5 Å². The summed E-state index contributed by atoms with van der Waals surface area (Å²) in [7, 11) is 0. The van der Waals surface area contributed by atoms with Crippen molar-refractivity contribution in [1.82, 2.24) is 24.8 Å². The second-order valence-corrected chi connectivity index (χ2v) is 9.91. The van der Waals surface area contributed by atoms with Crippen molar-refractivity contribution in [3.05, 3.63) is 65.6 Å². The molecule has 1 aliphatic heterocycles. The predicted molar refractivity (Wildman–Crippen MR) is 134 cm³/mol. The zero-order valence-corrected chi connectivity index (χ0v) is 21.0. The lowest BCUT2D eigenvalue weighted by Crippen LogP contribution is -2.51. The van der Waals surface area contributed by atoms with Gasteiger partial charge in [-0.05, 0) is 43.9 Å². The van der Waals surface area contributed by atoms with Gasteiger partial charge in [0.2, 0.25) is 5.91 Å². The predicted octanol–water partition coefficient (Wildman–Crippen LogP) is 2.82. The molecule has 0 radical (unpaired) electrons. The third-order valence-corrected chi connectivity index (χ3v) is 6.16. The fourth-order valence-corrected chi connectivity index (χ4v) is 4.09. The van der Waals surface area contributed by atoms with Crippen molar-refractivity contribution in [1.29, 1.82) is 0 Å². The third kappa shape index (κ3) is 6.19. The molecule has 10 heteroatoms. The van der Waals surface area contributed by atoms with Crippen LogP contribution in [0.15, 0.2) is 48.5 Å². The van der Waals surface area contributed by atoms with E-state index in [9.17, 15) is 9.59 Å². The summed E-state index contributed by atoms with van der Waals surface area (Å²) >= 11 is 0. The zero-order valence-electron chi connectivity index (χ0n) is 21.0. The first-order chi connectivity index (χ1) is 17.2. The summed E-state index contributed by atoms with van der Waals surface area (Å²) in [5, 5.41) is 11.6. The maximum absolute atomic E-state index is 12.8. The lowest BCUT2D eigenvalue weighted by atomic mass is 10.1. The molecule has 2 amide bonds. The number of ether oxygens (including phenoxy) is 2. The molecular weight excluding hydrogens is 460 g/mol. The van der Waals surface area contributed by atoms with Crippen LogP contribution in [0.25, 0.3) is 5.65 Å². The van der Waals surface area contributed by atoms with Crippen LogP contribution in [-0.2, 0) is 27.5 Å². The van der Waals surface area contributed by atoms with Crippen molar-refractivity contribution in [3.8, 4) is 0 Å². The Morgan fingerprint density at radius 3 is 2.61 bits per heavy atom. The van der Waals surface area contributed by atoms with Crippen molar-refractivity contribution < 1.29 is 19.1 Å². The number of amides is 2. The van der Waals surface area contributed by atoms with Gasteiger partial charge in [0.05, 0.1) is 24.4 Å². The molecule has 3 heterocycles. The van der Waals surface area contributed by atoms with Gasteiger partial charge in [-0.1, -0.05) is 43.3 Å². The number of hydrogen-bond acceptors (Lipinski definition) is 7. The molecule has 192 valence electrons. The van der Waals surface area contributed by atoms with E-state index >= 15 is 0 Å². The quantitative estimate of drug-likeness (QED) is 0.469. The second kappa shape index (κ2) is 11.0. The van der Waals surface area contributed by atoms with Crippen molar-refractivity contribution >= 4 is 17.6 Å². The standard InChI is InChI=1S/C26H34N6O4/c1-18-12-13-31(14-18)25(34)36-16-20-10-7-11-22-29-30-23(32(20)22)21(28-24(33)26(2,3)27)17-35-15-19-8-5-4-6-9-19/h4-11,18,21H,12-17,27H2,1-3H3,(H,28,33)/t18-,21+/m0/s1. The van der Waals surface area contributed by atoms with Crippen LogP contribution in [0.3, 0.4) is 0 Å². The third-order valence-electron chi connectivity index (χ3n) is 6.16. The molecule has 36 heavy (non-hydrogen) atoms. The Balaban J connectivity index is 1.55. The smallest absolute Gasteiger partial charge is 0.410 e. The van der Waals surface area contributed by atoms with Crippen molar-refractivity contribution in [2.75, 3.05) is 19.7 Å². The Hall–Kier alpha value is -3.50. The molecule has 0 aliphatic carbocycles. The molecule has 2 aromatic heterocycles. The number of likely N-dealkylation sites (tertiary alicyclic amines) is 1. The van der Waals surface area contributed by atoms with Gasteiger partial charge in [-0.25, -0.2) is 4.79 Å². The second-order valence-electron chi connectivity index (χ2n) is 9.91. The van der Waals surface area contributed by atoms with Crippen LogP contribution in [-0.4, -0.2) is 56.7 Å². The van der Waals surface area contributed by atoms with E-state index < -0.39 is 11.6 Å². The minimum Gasteiger partial charge on any atom is -0.443 e. The molecule has 0 unspecified atom stereocenters. The van der Waals surface area contributed by atoms with E-state index in [-0.39, 0.29) is 25.2 Å². The number of hydrogen-bond donors (Lipinski definition) is 2. The van der Waals surface area contributed by atoms with Gasteiger partial charge in [0.25, 0.3) is 0 Å². The first-order valence-corrected chi connectivity index (χ1v) is 12.2. The van der Waals surface area contributed by atoms with Crippen LogP contribution < -0.4 is 11.1 Å². The number of rotatable bonds is 9. The Kier molecular flexibility index (Phi) is 7.85. The maximum Gasteiger partial charge on any atom is 0.410 e. The monoisotopic (exact) mass is 494 g/mol. The Bertz CT molecular complexity index is 1190. The number of nitrogens with one attached hydrogen (secondary N) is 1. The van der Waals surface area contributed by atoms with Crippen LogP contribution in [0.1, 0.15) is 50.3 Å². The highest BCUT2D eigenvalue weighted by Gasteiger charge is 2.29. The van der Waals surface area contributed by atoms with E-state index in [1.807, 2.05) is 42.5 Å². The van der Waals surface area contributed by atoms with Gasteiger partial charge in [-0.2, -0.15) is 0 Å². The number of aromatic nitrogens is 3. The SMILES string of the molecule is C[C@H]1CCN(C(=O)OCc2cccc3nnc([C@@H](COCc4ccccc4)NC(=O)C(C)(C)N)n23)C1. The summed E-state index contributed by atoms with van der Waals surface area (Å²) in [6, 6.07) is 14.6. The summed E-state index contributed by atoms with van der Waals surface area (Å²) in [6.45, 7) is 7.35. The summed E-state index contributed by atoms with van der Waals surface area (Å²) in [5.74, 6) is 0.592. The Morgan fingerprint density at radius 1 is 1.14 bits per heavy atom. The molecule has 1 aromatic carbocycles. The number of pyridine rings is 1. The van der Waals surface area contributed by atoms with Crippen molar-refractivity contribution in [2.45, 2.75) is 52.0 Å². The molecule has 4 rings (SSSR count). The van der Waals surface area contributed by atoms with Gasteiger partial charge >= 0.3 is 6.09 Å². The molecular formula is C26H34N6O4. The number of benzene rings is 1. The van der Waals surface area contributed by atoms with Crippen LogP contribution in [0, 0.1) is 5.92 Å². The number of carbonyl (C=O) groups excluding carboxylic acids is 2. The summed E-state index contributed by atoms with van der Waals surface area (Å²) in [6.07, 6.45) is 0.633. The van der Waals surface area contributed by atoms with Gasteiger partial charge < -0.3 is 25.4 Å². The van der Waals surface area contributed by atoms with Gasteiger partial charge in [0, 0.05) is 13.1 Å². The van der Waals surface area contributed by atoms with Crippen molar-refractivity contribution in [3.63, 3.8) is 0 Å². The van der Waals surface area contributed by atoms with Crippen LogP contribution in [0.4, 0.5) is 4.79 Å². The lowest BCUT2D eigenvalue weighted by molar-refractivity contribution is -0.126. The normalized spacial score (nSPS) is 16.8. The molecule has 2 atom stereocenters.